The van der Waals surface area contributed by atoms with Crippen molar-refractivity contribution >= 4 is 29.1 Å². The maximum atomic E-state index is 11.7. The highest BCUT2D eigenvalue weighted by Crippen LogP contribution is 2.37. The first-order valence-corrected chi connectivity index (χ1v) is 11.9. The van der Waals surface area contributed by atoms with E-state index in [0.29, 0.717) is 23.9 Å². The predicted octanol–water partition coefficient (Wildman–Crippen LogP) is 3.72. The van der Waals surface area contributed by atoms with Crippen LogP contribution in [0.1, 0.15) is 16.8 Å². The zero-order valence-electron chi connectivity index (χ0n) is 20.4. The lowest BCUT2D eigenvalue weighted by Crippen LogP contribution is -2.26. The molecule has 1 aliphatic carbocycles. The third kappa shape index (κ3) is 3.98. The Morgan fingerprint density at radius 2 is 2.03 bits per heavy atom. The van der Waals surface area contributed by atoms with Crippen LogP contribution in [0.15, 0.2) is 78.6 Å². The fraction of sp³-hybridized carbons (Fsp3) is 0.103. The number of pyridine rings is 1. The van der Waals surface area contributed by atoms with E-state index in [1.165, 1.54) is 6.08 Å². The molecule has 0 unspecified atom stereocenters. The number of aromatic nitrogens is 2. The molecule has 8 heteroatoms. The molecule has 4 aliphatic rings. The molecule has 182 valence electrons. The molecule has 4 heterocycles. The molecule has 0 bridgehead atoms. The summed E-state index contributed by atoms with van der Waals surface area (Å²) >= 11 is 0. The van der Waals surface area contributed by atoms with Gasteiger partial charge >= 0.3 is 0 Å². The number of aryl methyl sites for hydroxylation is 1. The highest BCUT2D eigenvalue weighted by atomic mass is 16.5. The fourth-order valence-corrected chi connectivity index (χ4v) is 4.73. The van der Waals surface area contributed by atoms with Gasteiger partial charge in [-0.15, -0.1) is 0 Å². The number of benzene rings is 1. The van der Waals surface area contributed by atoms with Crippen LogP contribution in [0, 0.1) is 6.92 Å². The molecule has 1 amide bonds. The second-order valence-electron chi connectivity index (χ2n) is 8.88. The molecule has 0 spiro atoms. The average Bonchev–Trinajstić information content (AvgIpc) is 3.27. The largest absolute Gasteiger partial charge is 0.438 e. The van der Waals surface area contributed by atoms with E-state index >= 15 is 0 Å². The minimum Gasteiger partial charge on any atom is -0.438 e. The fourth-order valence-electron chi connectivity index (χ4n) is 4.73. The molecule has 0 fully saturated rings. The first-order valence-electron chi connectivity index (χ1n) is 11.9. The van der Waals surface area contributed by atoms with Gasteiger partial charge < -0.3 is 20.4 Å². The molecule has 37 heavy (non-hydrogen) atoms. The number of carbonyl (C=O) groups excluding carboxylic acids is 1. The van der Waals surface area contributed by atoms with E-state index in [1.807, 2.05) is 56.4 Å². The highest BCUT2D eigenvalue weighted by Gasteiger charge is 2.27. The summed E-state index contributed by atoms with van der Waals surface area (Å²) < 4.78 is 6.38. The van der Waals surface area contributed by atoms with Gasteiger partial charge in [0.1, 0.15) is 11.1 Å². The Labute approximate surface area is 213 Å². The van der Waals surface area contributed by atoms with Gasteiger partial charge in [0.05, 0.1) is 24.1 Å². The Kier molecular flexibility index (Phi) is 5.41. The summed E-state index contributed by atoms with van der Waals surface area (Å²) in [4.78, 5) is 23.1. The molecule has 0 atom stereocenters. The van der Waals surface area contributed by atoms with Crippen LogP contribution in [0.25, 0.3) is 23.0 Å². The molecule has 0 radical (unpaired) electrons. The monoisotopic (exact) mass is 488 g/mol. The molecular formula is C29H24N6O2. The van der Waals surface area contributed by atoms with Crippen molar-refractivity contribution in [3.63, 3.8) is 0 Å². The van der Waals surface area contributed by atoms with Crippen molar-refractivity contribution < 1.29 is 9.53 Å². The van der Waals surface area contributed by atoms with Crippen LogP contribution in [0.3, 0.4) is 0 Å². The lowest BCUT2D eigenvalue weighted by Gasteiger charge is -2.27. The van der Waals surface area contributed by atoms with Gasteiger partial charge in [-0.05, 0) is 60.5 Å². The number of carbonyl (C=O) groups is 1. The quantitative estimate of drug-likeness (QED) is 0.416. The molecule has 6 rings (SSSR count). The Hall–Kier alpha value is -4.98. The van der Waals surface area contributed by atoms with Crippen LogP contribution in [0.2, 0.25) is 0 Å². The number of hydrogen-bond donors (Lipinski definition) is 2. The number of anilines is 2. The van der Waals surface area contributed by atoms with Crippen LogP contribution in [0.4, 0.5) is 11.4 Å². The minimum atomic E-state index is -0.246. The van der Waals surface area contributed by atoms with Crippen molar-refractivity contribution in [1.29, 1.82) is 0 Å². The van der Waals surface area contributed by atoms with E-state index in [9.17, 15) is 4.79 Å². The van der Waals surface area contributed by atoms with Gasteiger partial charge in [-0.3, -0.25) is 9.78 Å². The maximum Gasteiger partial charge on any atom is 0.247 e. The van der Waals surface area contributed by atoms with Gasteiger partial charge in [0, 0.05) is 41.0 Å². The van der Waals surface area contributed by atoms with Crippen molar-refractivity contribution in [3.05, 3.63) is 101 Å². The topological polar surface area (TPSA) is 91.7 Å². The van der Waals surface area contributed by atoms with Crippen molar-refractivity contribution in [3.8, 4) is 22.9 Å². The van der Waals surface area contributed by atoms with Gasteiger partial charge in [-0.25, -0.2) is 4.98 Å². The van der Waals surface area contributed by atoms with E-state index in [0.717, 1.165) is 50.0 Å². The Balaban J connectivity index is 1.51. The van der Waals surface area contributed by atoms with Crippen molar-refractivity contribution in [2.45, 2.75) is 13.5 Å². The first-order chi connectivity index (χ1) is 18.0. The Bertz CT molecular complexity index is 1690. The maximum absolute atomic E-state index is 11.7. The summed E-state index contributed by atoms with van der Waals surface area (Å²) in [6, 6.07) is 15.5. The number of rotatable bonds is 5. The van der Waals surface area contributed by atoms with Gasteiger partial charge in [-0.1, -0.05) is 24.8 Å². The van der Waals surface area contributed by atoms with E-state index in [1.54, 1.807) is 6.20 Å². The average molecular weight is 489 g/mol. The second kappa shape index (κ2) is 8.91. The minimum absolute atomic E-state index is 0.246. The number of nitrogens with zero attached hydrogens (tertiary/aromatic N) is 4. The van der Waals surface area contributed by atoms with Gasteiger partial charge in [0.25, 0.3) is 0 Å². The summed E-state index contributed by atoms with van der Waals surface area (Å²) in [5.41, 5.74) is 10.5. The van der Waals surface area contributed by atoms with E-state index < -0.39 is 0 Å². The zero-order valence-corrected chi connectivity index (χ0v) is 20.4. The lowest BCUT2D eigenvalue weighted by atomic mass is 10.0. The van der Waals surface area contributed by atoms with Gasteiger partial charge in [0.2, 0.25) is 11.8 Å². The highest BCUT2D eigenvalue weighted by molar-refractivity contribution is 5.99. The number of amides is 1. The summed E-state index contributed by atoms with van der Waals surface area (Å²) in [5, 5.41) is 8.97. The molecule has 3 aliphatic heterocycles. The molecule has 1 aromatic carbocycles. The molecule has 0 saturated heterocycles. The van der Waals surface area contributed by atoms with Gasteiger partial charge in [0.15, 0.2) is 0 Å². The van der Waals surface area contributed by atoms with Crippen LogP contribution in [0.5, 0.6) is 11.6 Å². The predicted molar refractivity (Wildman–Crippen MR) is 144 cm³/mol. The van der Waals surface area contributed by atoms with E-state index in [4.69, 9.17) is 9.72 Å². The number of hydrogen-bond acceptors (Lipinski definition) is 7. The summed E-state index contributed by atoms with van der Waals surface area (Å²) in [6.07, 6.45) is 7.17. The van der Waals surface area contributed by atoms with Crippen LogP contribution < -0.4 is 31.0 Å². The number of ether oxygens (including phenoxy) is 1. The third-order valence-electron chi connectivity index (χ3n) is 6.46. The summed E-state index contributed by atoms with van der Waals surface area (Å²) in [7, 11) is 2.02. The van der Waals surface area contributed by atoms with Crippen molar-refractivity contribution in [2.75, 3.05) is 17.3 Å². The lowest BCUT2D eigenvalue weighted by molar-refractivity contribution is -0.111. The zero-order chi connectivity index (χ0) is 25.5. The van der Waals surface area contributed by atoms with E-state index in [-0.39, 0.29) is 5.91 Å². The van der Waals surface area contributed by atoms with Gasteiger partial charge in [-0.2, -0.15) is 5.10 Å². The van der Waals surface area contributed by atoms with E-state index in [2.05, 4.69) is 50.5 Å². The molecule has 2 N–H and O–H groups in total. The van der Waals surface area contributed by atoms with Crippen LogP contribution >= 0.6 is 0 Å². The molecule has 2 aromatic rings. The number of nitrogens with one attached hydrogen (secondary N) is 2. The summed E-state index contributed by atoms with van der Waals surface area (Å²) in [5.74, 6) is 0.982. The second-order valence-corrected chi connectivity index (χ2v) is 8.88. The number of fused-ring (bicyclic) bond motifs is 2. The molecule has 0 saturated carbocycles. The Morgan fingerprint density at radius 1 is 1.19 bits per heavy atom. The van der Waals surface area contributed by atoms with Crippen molar-refractivity contribution in [2.24, 2.45) is 5.10 Å². The first kappa shape index (κ1) is 22.5. The molecule has 8 nitrogen and oxygen atoms in total. The molecule has 1 aromatic heterocycles. The number of allylic oxidation sites excluding steroid dienone is 1. The smallest absolute Gasteiger partial charge is 0.247 e. The normalized spacial score (nSPS) is 13.5. The molecular weight excluding hydrogens is 464 g/mol. The third-order valence-corrected chi connectivity index (χ3v) is 6.46. The van der Waals surface area contributed by atoms with Crippen molar-refractivity contribution in [1.82, 2.24) is 15.4 Å². The summed E-state index contributed by atoms with van der Waals surface area (Å²) in [6.45, 7) is 6.01. The standard InChI is InChI=1S/C29H24N6O2/c1-4-25(36)33-20-10-8-18(9-11-20)23-13-12-21-24(37-26-7-5-6-17(2)32-26)14-19-15-31-34-22-16-30-28(27(19)22)29(21)35(23)3/h4-14,16,31H,1,15H2,2-3H3,(H,33,36). The SMILES string of the molecule is C=CC(=O)Nc1ccc(C2=CC=c3c(Oc4cccc(C)n4)cc4c5c(cnc-5c3N2C)=NNC4)cc1. The Morgan fingerprint density at radius 3 is 2.81 bits per heavy atom. The van der Waals surface area contributed by atoms with Crippen LogP contribution in [-0.2, 0) is 11.3 Å². The van der Waals surface area contributed by atoms with Crippen LogP contribution in [-0.4, -0.2) is 22.9 Å².